The highest BCUT2D eigenvalue weighted by Gasteiger charge is 2.08. The van der Waals surface area contributed by atoms with Gasteiger partial charge in [0.25, 0.3) is 0 Å². The third-order valence-corrected chi connectivity index (χ3v) is 2.51. The number of pyridine rings is 1. The van der Waals surface area contributed by atoms with Crippen LogP contribution in [-0.2, 0) is 0 Å². The molecule has 0 unspecified atom stereocenters. The maximum Gasteiger partial charge on any atom is 0.194 e. The predicted octanol–water partition coefficient (Wildman–Crippen LogP) is 3.10. The Morgan fingerprint density at radius 2 is 1.94 bits per heavy atom. The van der Waals surface area contributed by atoms with Gasteiger partial charge >= 0.3 is 0 Å². The zero-order valence-electron chi connectivity index (χ0n) is 10.3. The first kappa shape index (κ1) is 12.3. The van der Waals surface area contributed by atoms with Crippen molar-refractivity contribution in [1.82, 2.24) is 4.98 Å². The van der Waals surface area contributed by atoms with Gasteiger partial charge in [0.2, 0.25) is 0 Å². The molecule has 92 valence electrons. The van der Waals surface area contributed by atoms with Crippen molar-refractivity contribution in [2.45, 2.75) is 13.3 Å². The summed E-state index contributed by atoms with van der Waals surface area (Å²) in [6.45, 7) is 2.75. The molecule has 0 N–H and O–H groups in total. The Bertz CT molecular complexity index is 506. The lowest BCUT2D eigenvalue weighted by Crippen LogP contribution is -2.02. The zero-order chi connectivity index (χ0) is 12.8. The van der Waals surface area contributed by atoms with Gasteiger partial charge in [-0.2, -0.15) is 0 Å². The van der Waals surface area contributed by atoms with Crippen molar-refractivity contribution in [2.24, 2.45) is 0 Å². The minimum absolute atomic E-state index is 0.0230. The molecule has 0 aliphatic carbocycles. The van der Waals surface area contributed by atoms with Crippen LogP contribution in [0.15, 0.2) is 48.8 Å². The number of rotatable bonds is 5. The molecule has 0 amide bonds. The molecule has 1 heterocycles. The molecule has 3 nitrogen and oxygen atoms in total. The standard InChI is InChI=1S/C15H15NO2/c1-2-10-18-14-7-5-12(6-8-14)15(17)13-4-3-9-16-11-13/h3-9,11H,2,10H2,1H3. The van der Waals surface area contributed by atoms with E-state index in [1.165, 1.54) is 0 Å². The van der Waals surface area contributed by atoms with Crippen LogP contribution in [0.5, 0.6) is 5.75 Å². The van der Waals surface area contributed by atoms with Crippen LogP contribution in [0.25, 0.3) is 0 Å². The van der Waals surface area contributed by atoms with E-state index in [-0.39, 0.29) is 5.78 Å². The van der Waals surface area contributed by atoms with Crippen LogP contribution in [0.3, 0.4) is 0 Å². The van der Waals surface area contributed by atoms with Gasteiger partial charge in [0.05, 0.1) is 6.61 Å². The van der Waals surface area contributed by atoms with Crippen molar-refractivity contribution in [3.05, 3.63) is 59.9 Å². The quantitative estimate of drug-likeness (QED) is 0.755. The van der Waals surface area contributed by atoms with Crippen LogP contribution in [0.2, 0.25) is 0 Å². The van der Waals surface area contributed by atoms with E-state index in [0.29, 0.717) is 17.7 Å². The lowest BCUT2D eigenvalue weighted by Gasteiger charge is -2.05. The molecule has 0 saturated carbocycles. The average Bonchev–Trinajstić information content (AvgIpc) is 2.46. The van der Waals surface area contributed by atoms with Crippen LogP contribution in [0, 0.1) is 0 Å². The molecule has 1 aromatic carbocycles. The fraction of sp³-hybridized carbons (Fsp3) is 0.200. The van der Waals surface area contributed by atoms with Crippen LogP contribution in [0.1, 0.15) is 29.3 Å². The molecule has 0 aliphatic heterocycles. The molecule has 3 heteroatoms. The molecule has 0 aliphatic rings. The normalized spacial score (nSPS) is 10.1. The van der Waals surface area contributed by atoms with Crippen LogP contribution < -0.4 is 4.74 Å². The van der Waals surface area contributed by atoms with Gasteiger partial charge in [0.15, 0.2) is 5.78 Å². The second-order valence-electron chi connectivity index (χ2n) is 3.94. The van der Waals surface area contributed by atoms with E-state index in [0.717, 1.165) is 12.2 Å². The third kappa shape index (κ3) is 2.94. The highest BCUT2D eigenvalue weighted by Crippen LogP contribution is 2.15. The summed E-state index contributed by atoms with van der Waals surface area (Å²) in [5.41, 5.74) is 1.24. The highest BCUT2D eigenvalue weighted by molar-refractivity contribution is 6.08. The van der Waals surface area contributed by atoms with Gasteiger partial charge in [-0.05, 0) is 42.8 Å². The highest BCUT2D eigenvalue weighted by atomic mass is 16.5. The molecule has 18 heavy (non-hydrogen) atoms. The minimum Gasteiger partial charge on any atom is -0.494 e. The van der Waals surface area contributed by atoms with Gasteiger partial charge < -0.3 is 4.74 Å². The third-order valence-electron chi connectivity index (χ3n) is 2.51. The molecule has 0 saturated heterocycles. The Balaban J connectivity index is 2.12. The molecule has 0 spiro atoms. The fourth-order valence-electron chi connectivity index (χ4n) is 1.59. The number of carbonyl (C=O) groups excluding carboxylic acids is 1. The van der Waals surface area contributed by atoms with E-state index in [9.17, 15) is 4.79 Å². The van der Waals surface area contributed by atoms with Gasteiger partial charge in [-0.25, -0.2) is 0 Å². The second-order valence-corrected chi connectivity index (χ2v) is 3.94. The van der Waals surface area contributed by atoms with Gasteiger partial charge in [-0.1, -0.05) is 6.92 Å². The molecule has 0 atom stereocenters. The van der Waals surface area contributed by atoms with Crippen molar-refractivity contribution >= 4 is 5.78 Å². The average molecular weight is 241 g/mol. The number of hydrogen-bond donors (Lipinski definition) is 0. The summed E-state index contributed by atoms with van der Waals surface area (Å²) in [7, 11) is 0. The van der Waals surface area contributed by atoms with Crippen LogP contribution in [-0.4, -0.2) is 17.4 Å². The summed E-state index contributed by atoms with van der Waals surface area (Å²) in [5, 5.41) is 0. The van der Waals surface area contributed by atoms with E-state index in [4.69, 9.17) is 4.74 Å². The van der Waals surface area contributed by atoms with Gasteiger partial charge in [0, 0.05) is 23.5 Å². The van der Waals surface area contributed by atoms with Gasteiger partial charge in [-0.15, -0.1) is 0 Å². The summed E-state index contributed by atoms with van der Waals surface area (Å²) in [4.78, 5) is 16.0. The Morgan fingerprint density at radius 1 is 1.17 bits per heavy atom. The number of aromatic nitrogens is 1. The number of ketones is 1. The van der Waals surface area contributed by atoms with Crippen LogP contribution >= 0.6 is 0 Å². The molecular weight excluding hydrogens is 226 g/mol. The first-order valence-corrected chi connectivity index (χ1v) is 5.99. The first-order valence-electron chi connectivity index (χ1n) is 5.99. The van der Waals surface area contributed by atoms with E-state index in [1.54, 1.807) is 36.7 Å². The monoisotopic (exact) mass is 241 g/mol. The fourth-order valence-corrected chi connectivity index (χ4v) is 1.59. The number of benzene rings is 1. The Labute approximate surface area is 106 Å². The summed E-state index contributed by atoms with van der Waals surface area (Å²) in [6, 6.07) is 10.7. The van der Waals surface area contributed by atoms with Crippen molar-refractivity contribution < 1.29 is 9.53 Å². The van der Waals surface area contributed by atoms with Gasteiger partial charge in [-0.3, -0.25) is 9.78 Å². The molecule has 2 rings (SSSR count). The lowest BCUT2D eigenvalue weighted by molar-refractivity contribution is 0.103. The number of carbonyl (C=O) groups is 1. The van der Waals surface area contributed by atoms with E-state index in [2.05, 4.69) is 11.9 Å². The smallest absolute Gasteiger partial charge is 0.194 e. The molecular formula is C15H15NO2. The number of ether oxygens (including phenoxy) is 1. The summed E-state index contributed by atoms with van der Waals surface area (Å²) < 4.78 is 5.47. The maximum absolute atomic E-state index is 12.1. The van der Waals surface area contributed by atoms with Crippen molar-refractivity contribution in [2.75, 3.05) is 6.61 Å². The molecule has 2 aromatic rings. The summed E-state index contributed by atoms with van der Waals surface area (Å²) in [5.74, 6) is 0.768. The first-order chi connectivity index (χ1) is 8.81. The largest absolute Gasteiger partial charge is 0.494 e. The summed E-state index contributed by atoms with van der Waals surface area (Å²) >= 11 is 0. The zero-order valence-corrected chi connectivity index (χ0v) is 10.3. The Morgan fingerprint density at radius 3 is 2.56 bits per heavy atom. The predicted molar refractivity (Wildman–Crippen MR) is 69.9 cm³/mol. The SMILES string of the molecule is CCCOc1ccc(C(=O)c2cccnc2)cc1. The summed E-state index contributed by atoms with van der Waals surface area (Å²) in [6.07, 6.45) is 4.19. The van der Waals surface area contributed by atoms with Crippen LogP contribution in [0.4, 0.5) is 0 Å². The minimum atomic E-state index is -0.0230. The van der Waals surface area contributed by atoms with E-state index in [1.807, 2.05) is 12.1 Å². The second kappa shape index (κ2) is 5.96. The Hall–Kier alpha value is -2.16. The molecule has 0 bridgehead atoms. The molecule has 0 fully saturated rings. The van der Waals surface area contributed by atoms with Crippen molar-refractivity contribution in [3.63, 3.8) is 0 Å². The molecule has 0 radical (unpaired) electrons. The van der Waals surface area contributed by atoms with Crippen molar-refractivity contribution in [3.8, 4) is 5.75 Å². The lowest BCUT2D eigenvalue weighted by atomic mass is 10.1. The number of hydrogen-bond acceptors (Lipinski definition) is 3. The van der Waals surface area contributed by atoms with Crippen molar-refractivity contribution in [1.29, 1.82) is 0 Å². The molecule has 1 aromatic heterocycles. The van der Waals surface area contributed by atoms with Gasteiger partial charge in [0.1, 0.15) is 5.75 Å². The maximum atomic E-state index is 12.1. The number of nitrogens with zero attached hydrogens (tertiary/aromatic N) is 1. The Kier molecular flexibility index (Phi) is 4.07. The van der Waals surface area contributed by atoms with E-state index >= 15 is 0 Å². The van der Waals surface area contributed by atoms with E-state index < -0.39 is 0 Å². The topological polar surface area (TPSA) is 39.2 Å².